The first-order valence-electron chi connectivity index (χ1n) is 4.48. The van der Waals surface area contributed by atoms with E-state index in [4.69, 9.17) is 0 Å². The first-order chi connectivity index (χ1) is 6.13. The minimum Gasteiger partial charge on any atom is -0.309 e. The highest BCUT2D eigenvalue weighted by Crippen LogP contribution is 2.07. The molecule has 0 aliphatic heterocycles. The maximum absolute atomic E-state index is 11.0. The molecular weight excluding hydrogens is 166 g/mol. The van der Waals surface area contributed by atoms with Crippen molar-refractivity contribution in [2.45, 2.75) is 33.2 Å². The number of amides is 1. The zero-order valence-corrected chi connectivity index (χ0v) is 8.24. The molecule has 1 amide bonds. The summed E-state index contributed by atoms with van der Waals surface area (Å²) in [4.78, 5) is 11.0. The van der Waals surface area contributed by atoms with Crippen LogP contribution in [-0.4, -0.2) is 15.7 Å². The lowest BCUT2D eigenvalue weighted by atomic mass is 10.4. The maximum atomic E-state index is 11.0. The fourth-order valence-electron chi connectivity index (χ4n) is 0.924. The number of nitrogens with one attached hydrogen (secondary N) is 1. The van der Waals surface area contributed by atoms with Crippen molar-refractivity contribution in [2.75, 3.05) is 5.32 Å². The van der Waals surface area contributed by atoms with E-state index in [1.54, 1.807) is 6.07 Å². The Kier molecular flexibility index (Phi) is 3.06. The van der Waals surface area contributed by atoms with Gasteiger partial charge in [-0.1, -0.05) is 6.92 Å². The molecule has 0 aliphatic rings. The number of hydrogen-bond acceptors (Lipinski definition) is 2. The van der Waals surface area contributed by atoms with Crippen LogP contribution in [0.5, 0.6) is 0 Å². The SMILES string of the molecule is CCC(=O)Nc1ccn(C(C)C)n1. The zero-order valence-electron chi connectivity index (χ0n) is 8.24. The third-order valence-electron chi connectivity index (χ3n) is 1.73. The average molecular weight is 181 g/mol. The summed E-state index contributed by atoms with van der Waals surface area (Å²) >= 11 is 0. The van der Waals surface area contributed by atoms with Gasteiger partial charge in [-0.05, 0) is 13.8 Å². The van der Waals surface area contributed by atoms with E-state index in [9.17, 15) is 4.79 Å². The highest BCUT2D eigenvalue weighted by Gasteiger charge is 2.03. The second-order valence-electron chi connectivity index (χ2n) is 3.18. The van der Waals surface area contributed by atoms with Crippen LogP contribution in [0.1, 0.15) is 33.2 Å². The van der Waals surface area contributed by atoms with E-state index in [2.05, 4.69) is 10.4 Å². The predicted molar refractivity (Wildman–Crippen MR) is 51.5 cm³/mol. The van der Waals surface area contributed by atoms with E-state index in [1.165, 1.54) is 0 Å². The van der Waals surface area contributed by atoms with Crippen molar-refractivity contribution in [3.05, 3.63) is 12.3 Å². The second-order valence-corrected chi connectivity index (χ2v) is 3.18. The molecule has 1 aromatic heterocycles. The van der Waals surface area contributed by atoms with E-state index in [-0.39, 0.29) is 5.91 Å². The van der Waals surface area contributed by atoms with Crippen LogP contribution in [0.3, 0.4) is 0 Å². The number of carbonyl (C=O) groups excluding carboxylic acids is 1. The molecule has 1 aromatic rings. The first kappa shape index (κ1) is 9.77. The van der Waals surface area contributed by atoms with Crippen LogP contribution in [0.2, 0.25) is 0 Å². The number of aromatic nitrogens is 2. The smallest absolute Gasteiger partial charge is 0.225 e. The number of carbonyl (C=O) groups is 1. The summed E-state index contributed by atoms with van der Waals surface area (Å²) in [6, 6.07) is 2.13. The molecular formula is C9H15N3O. The van der Waals surface area contributed by atoms with Gasteiger partial charge in [0.25, 0.3) is 0 Å². The maximum Gasteiger partial charge on any atom is 0.225 e. The van der Waals surface area contributed by atoms with Crippen LogP contribution in [0.25, 0.3) is 0 Å². The van der Waals surface area contributed by atoms with Crippen LogP contribution in [-0.2, 0) is 4.79 Å². The van der Waals surface area contributed by atoms with Crippen LogP contribution < -0.4 is 5.32 Å². The van der Waals surface area contributed by atoms with E-state index in [0.717, 1.165) is 0 Å². The van der Waals surface area contributed by atoms with E-state index >= 15 is 0 Å². The summed E-state index contributed by atoms with van der Waals surface area (Å²) in [6.07, 6.45) is 2.34. The Hall–Kier alpha value is -1.32. The molecule has 72 valence electrons. The number of rotatable bonds is 3. The lowest BCUT2D eigenvalue weighted by Crippen LogP contribution is -2.10. The predicted octanol–water partition coefficient (Wildman–Crippen LogP) is 1.81. The Morgan fingerprint density at radius 3 is 2.85 bits per heavy atom. The minimum absolute atomic E-state index is 0.00555. The van der Waals surface area contributed by atoms with E-state index in [1.807, 2.05) is 31.6 Å². The molecule has 0 fully saturated rings. The molecule has 4 nitrogen and oxygen atoms in total. The Morgan fingerprint density at radius 1 is 1.69 bits per heavy atom. The van der Waals surface area contributed by atoms with Crippen molar-refractivity contribution in [1.29, 1.82) is 0 Å². The zero-order chi connectivity index (χ0) is 9.84. The molecule has 0 spiro atoms. The fourth-order valence-corrected chi connectivity index (χ4v) is 0.924. The third kappa shape index (κ3) is 2.57. The monoisotopic (exact) mass is 181 g/mol. The molecule has 1 rings (SSSR count). The van der Waals surface area contributed by atoms with Gasteiger partial charge >= 0.3 is 0 Å². The summed E-state index contributed by atoms with van der Waals surface area (Å²) in [7, 11) is 0. The Morgan fingerprint density at radius 2 is 2.38 bits per heavy atom. The molecule has 0 bridgehead atoms. The number of anilines is 1. The molecule has 4 heteroatoms. The van der Waals surface area contributed by atoms with Gasteiger partial charge in [-0.2, -0.15) is 5.10 Å². The van der Waals surface area contributed by atoms with Gasteiger partial charge < -0.3 is 5.32 Å². The van der Waals surface area contributed by atoms with Crippen molar-refractivity contribution in [1.82, 2.24) is 9.78 Å². The molecule has 0 atom stereocenters. The molecule has 13 heavy (non-hydrogen) atoms. The van der Waals surface area contributed by atoms with Gasteiger partial charge in [0, 0.05) is 24.7 Å². The second kappa shape index (κ2) is 4.07. The molecule has 0 saturated heterocycles. The topological polar surface area (TPSA) is 46.9 Å². The van der Waals surface area contributed by atoms with Crippen LogP contribution >= 0.6 is 0 Å². The van der Waals surface area contributed by atoms with Gasteiger partial charge in [0.2, 0.25) is 5.91 Å². The van der Waals surface area contributed by atoms with E-state index in [0.29, 0.717) is 18.3 Å². The van der Waals surface area contributed by atoms with Gasteiger partial charge in [0.1, 0.15) is 0 Å². The molecule has 0 aromatic carbocycles. The van der Waals surface area contributed by atoms with Crippen molar-refractivity contribution < 1.29 is 4.79 Å². The molecule has 1 heterocycles. The molecule has 0 radical (unpaired) electrons. The van der Waals surface area contributed by atoms with E-state index < -0.39 is 0 Å². The van der Waals surface area contributed by atoms with Gasteiger partial charge in [0.05, 0.1) is 0 Å². The van der Waals surface area contributed by atoms with Crippen LogP contribution in [0.15, 0.2) is 12.3 Å². The van der Waals surface area contributed by atoms with Crippen molar-refractivity contribution in [3.8, 4) is 0 Å². The average Bonchev–Trinajstić information content (AvgIpc) is 2.52. The standard InChI is InChI=1S/C9H15N3O/c1-4-9(13)10-8-5-6-12(11-8)7(2)3/h5-7H,4H2,1-3H3,(H,10,11,13). The lowest BCUT2D eigenvalue weighted by Gasteiger charge is -2.03. The largest absolute Gasteiger partial charge is 0.309 e. The molecule has 1 N–H and O–H groups in total. The van der Waals surface area contributed by atoms with Crippen molar-refractivity contribution in [3.63, 3.8) is 0 Å². The van der Waals surface area contributed by atoms with Crippen LogP contribution in [0.4, 0.5) is 5.82 Å². The summed E-state index contributed by atoms with van der Waals surface area (Å²) in [5.74, 6) is 0.620. The summed E-state index contributed by atoms with van der Waals surface area (Å²) < 4.78 is 1.81. The molecule has 0 aliphatic carbocycles. The van der Waals surface area contributed by atoms with Gasteiger partial charge in [-0.15, -0.1) is 0 Å². The molecule has 0 saturated carbocycles. The Labute approximate surface area is 77.9 Å². The Balaban J connectivity index is 2.64. The number of nitrogens with zero attached hydrogens (tertiary/aromatic N) is 2. The Bertz CT molecular complexity index is 291. The normalized spacial score (nSPS) is 10.5. The summed E-state index contributed by atoms with van der Waals surface area (Å²) in [6.45, 7) is 5.89. The van der Waals surface area contributed by atoms with Gasteiger partial charge in [-0.25, -0.2) is 0 Å². The highest BCUT2D eigenvalue weighted by molar-refractivity contribution is 5.89. The number of hydrogen-bond donors (Lipinski definition) is 1. The van der Waals surface area contributed by atoms with Gasteiger partial charge in [0.15, 0.2) is 5.82 Å². The van der Waals surface area contributed by atoms with Crippen molar-refractivity contribution >= 4 is 11.7 Å². The van der Waals surface area contributed by atoms with Crippen LogP contribution in [0, 0.1) is 0 Å². The molecule has 0 unspecified atom stereocenters. The highest BCUT2D eigenvalue weighted by atomic mass is 16.1. The summed E-state index contributed by atoms with van der Waals surface area (Å²) in [5, 5.41) is 6.88. The summed E-state index contributed by atoms with van der Waals surface area (Å²) in [5.41, 5.74) is 0. The minimum atomic E-state index is -0.00555. The van der Waals surface area contributed by atoms with Crippen molar-refractivity contribution in [2.24, 2.45) is 0 Å². The third-order valence-corrected chi connectivity index (χ3v) is 1.73. The fraction of sp³-hybridized carbons (Fsp3) is 0.556. The quantitative estimate of drug-likeness (QED) is 0.773. The van der Waals surface area contributed by atoms with Gasteiger partial charge in [-0.3, -0.25) is 9.48 Å². The lowest BCUT2D eigenvalue weighted by molar-refractivity contribution is -0.115. The first-order valence-corrected chi connectivity index (χ1v) is 4.48.